The first kappa shape index (κ1) is 12.7. The van der Waals surface area contributed by atoms with Gasteiger partial charge in [0, 0.05) is 11.3 Å². The minimum absolute atomic E-state index is 0.284. The fourth-order valence-electron chi connectivity index (χ4n) is 2.38. The summed E-state index contributed by atoms with van der Waals surface area (Å²) in [5, 5.41) is 3.33. The number of nitrogens with one attached hydrogen (secondary N) is 1. The molecule has 1 aliphatic carbocycles. The van der Waals surface area contributed by atoms with Crippen LogP contribution in [0.1, 0.15) is 32.1 Å². The van der Waals surface area contributed by atoms with E-state index in [9.17, 15) is 4.39 Å². The lowest BCUT2D eigenvalue weighted by Gasteiger charge is -2.36. The molecule has 1 aromatic heterocycles. The van der Waals surface area contributed by atoms with Crippen LogP contribution in [-0.4, -0.2) is 22.5 Å². The molecule has 1 fully saturated rings. The smallest absolute Gasteiger partial charge is 0.141 e. The molecule has 2 rings (SSSR count). The highest BCUT2D eigenvalue weighted by atomic mass is 32.2. The van der Waals surface area contributed by atoms with Gasteiger partial charge < -0.3 is 5.32 Å². The molecule has 0 aliphatic heterocycles. The Morgan fingerprint density at radius 2 is 2.12 bits per heavy atom. The third kappa shape index (κ3) is 3.35. The summed E-state index contributed by atoms with van der Waals surface area (Å²) >= 11 is 1.95. The monoisotopic (exact) mass is 254 g/mol. The second-order valence-electron chi connectivity index (χ2n) is 4.66. The molecule has 0 amide bonds. The molecule has 94 valence electrons. The lowest BCUT2D eigenvalue weighted by atomic mass is 9.88. The van der Waals surface area contributed by atoms with E-state index in [2.05, 4.69) is 16.6 Å². The van der Waals surface area contributed by atoms with Crippen molar-refractivity contribution in [2.24, 2.45) is 0 Å². The van der Waals surface area contributed by atoms with Crippen LogP contribution in [0, 0.1) is 5.82 Å². The molecule has 1 heterocycles. The van der Waals surface area contributed by atoms with E-state index in [1.54, 1.807) is 6.07 Å². The molecule has 0 spiro atoms. The van der Waals surface area contributed by atoms with Crippen LogP contribution >= 0.6 is 11.8 Å². The Hall–Kier alpha value is -0.770. The summed E-state index contributed by atoms with van der Waals surface area (Å²) in [7, 11) is 0. The van der Waals surface area contributed by atoms with E-state index >= 15 is 0 Å². The first-order chi connectivity index (χ1) is 8.24. The summed E-state index contributed by atoms with van der Waals surface area (Å²) in [6.07, 6.45) is 9.97. The topological polar surface area (TPSA) is 24.9 Å². The van der Waals surface area contributed by atoms with Crippen LogP contribution in [0.25, 0.3) is 0 Å². The van der Waals surface area contributed by atoms with Crippen LogP contribution < -0.4 is 5.32 Å². The van der Waals surface area contributed by atoms with Gasteiger partial charge in [-0.1, -0.05) is 19.3 Å². The minimum Gasteiger partial charge on any atom is -0.369 e. The van der Waals surface area contributed by atoms with Crippen molar-refractivity contribution < 1.29 is 4.39 Å². The summed E-state index contributed by atoms with van der Waals surface area (Å²) in [5.74, 6) is 0.484. The fraction of sp³-hybridized carbons (Fsp3) is 0.615. The summed E-state index contributed by atoms with van der Waals surface area (Å²) in [6.45, 7) is 0.923. The molecule has 2 nitrogen and oxygen atoms in total. The number of pyridine rings is 1. The zero-order valence-corrected chi connectivity index (χ0v) is 11.0. The Morgan fingerprint density at radius 3 is 2.71 bits per heavy atom. The standard InChI is InChI=1S/C13H19FN2S/c1-17-13(7-3-2-4-8-13)10-16-12-6-5-11(14)9-15-12/h5-6,9H,2-4,7-8,10H2,1H3,(H,15,16). The van der Waals surface area contributed by atoms with Crippen LogP contribution in [0.2, 0.25) is 0 Å². The average molecular weight is 254 g/mol. The normalized spacial score (nSPS) is 18.9. The van der Waals surface area contributed by atoms with Crippen LogP contribution in [0.4, 0.5) is 10.2 Å². The molecular formula is C13H19FN2S. The van der Waals surface area contributed by atoms with Crippen molar-refractivity contribution in [1.29, 1.82) is 0 Å². The Labute approximate surface area is 106 Å². The number of halogens is 1. The van der Waals surface area contributed by atoms with Crippen LogP contribution in [0.3, 0.4) is 0 Å². The van der Waals surface area contributed by atoms with Gasteiger partial charge in [-0.25, -0.2) is 9.37 Å². The third-order valence-electron chi connectivity index (χ3n) is 3.52. The van der Waals surface area contributed by atoms with Gasteiger partial charge in [0.1, 0.15) is 11.6 Å². The minimum atomic E-state index is -0.284. The van der Waals surface area contributed by atoms with E-state index in [1.807, 2.05) is 11.8 Å². The second-order valence-corrected chi connectivity index (χ2v) is 5.94. The van der Waals surface area contributed by atoms with Gasteiger partial charge in [-0.3, -0.25) is 0 Å². The maximum Gasteiger partial charge on any atom is 0.141 e. The molecule has 0 atom stereocenters. The SMILES string of the molecule is CSC1(CNc2ccc(F)cn2)CCCCC1. The zero-order chi connectivity index (χ0) is 12.1. The van der Waals surface area contributed by atoms with Gasteiger partial charge in [-0.2, -0.15) is 11.8 Å². The summed E-state index contributed by atoms with van der Waals surface area (Å²) in [5.41, 5.74) is 0. The van der Waals surface area contributed by atoms with E-state index in [1.165, 1.54) is 44.4 Å². The third-order valence-corrected chi connectivity index (χ3v) is 4.94. The predicted octanol–water partition coefficient (Wildman–Crippen LogP) is 3.70. The molecule has 0 saturated heterocycles. The molecule has 17 heavy (non-hydrogen) atoms. The molecule has 1 N–H and O–H groups in total. The van der Waals surface area contributed by atoms with Crippen molar-refractivity contribution in [3.63, 3.8) is 0 Å². The van der Waals surface area contributed by atoms with Crippen LogP contribution in [-0.2, 0) is 0 Å². The van der Waals surface area contributed by atoms with Crippen molar-refractivity contribution in [1.82, 2.24) is 4.98 Å². The highest BCUT2D eigenvalue weighted by molar-refractivity contribution is 8.00. The number of nitrogens with zero attached hydrogens (tertiary/aromatic N) is 1. The molecule has 1 saturated carbocycles. The number of hydrogen-bond donors (Lipinski definition) is 1. The van der Waals surface area contributed by atoms with Gasteiger partial charge in [0.25, 0.3) is 0 Å². The molecular weight excluding hydrogens is 235 g/mol. The predicted molar refractivity (Wildman–Crippen MR) is 72.0 cm³/mol. The van der Waals surface area contributed by atoms with Gasteiger partial charge in [0.15, 0.2) is 0 Å². The van der Waals surface area contributed by atoms with E-state index in [0.717, 1.165) is 12.4 Å². The van der Waals surface area contributed by atoms with E-state index in [0.29, 0.717) is 4.75 Å². The lowest BCUT2D eigenvalue weighted by molar-refractivity contribution is 0.411. The van der Waals surface area contributed by atoms with E-state index < -0.39 is 0 Å². The van der Waals surface area contributed by atoms with Crippen molar-refractivity contribution in [3.8, 4) is 0 Å². The molecule has 0 aromatic carbocycles. The Kier molecular flexibility index (Phi) is 4.26. The Morgan fingerprint density at radius 1 is 1.35 bits per heavy atom. The maximum atomic E-state index is 12.7. The van der Waals surface area contributed by atoms with E-state index in [4.69, 9.17) is 0 Å². The van der Waals surface area contributed by atoms with Crippen LogP contribution in [0.5, 0.6) is 0 Å². The largest absolute Gasteiger partial charge is 0.369 e. The maximum absolute atomic E-state index is 12.7. The van der Waals surface area contributed by atoms with Gasteiger partial charge in [0.2, 0.25) is 0 Å². The quantitative estimate of drug-likeness (QED) is 0.887. The Bertz CT molecular complexity index is 347. The zero-order valence-electron chi connectivity index (χ0n) is 10.2. The van der Waals surface area contributed by atoms with Crippen LogP contribution in [0.15, 0.2) is 18.3 Å². The number of thioether (sulfide) groups is 1. The molecule has 1 aromatic rings. The van der Waals surface area contributed by atoms with Crippen molar-refractivity contribution in [3.05, 3.63) is 24.1 Å². The van der Waals surface area contributed by atoms with Crippen molar-refractivity contribution in [2.75, 3.05) is 18.1 Å². The fourth-order valence-corrected chi connectivity index (χ4v) is 3.29. The molecule has 4 heteroatoms. The highest BCUT2D eigenvalue weighted by Crippen LogP contribution is 2.38. The Balaban J connectivity index is 1.93. The van der Waals surface area contributed by atoms with Gasteiger partial charge in [-0.05, 0) is 31.2 Å². The van der Waals surface area contributed by atoms with Crippen molar-refractivity contribution in [2.45, 2.75) is 36.9 Å². The van der Waals surface area contributed by atoms with Crippen molar-refractivity contribution >= 4 is 17.6 Å². The van der Waals surface area contributed by atoms with Gasteiger partial charge >= 0.3 is 0 Å². The summed E-state index contributed by atoms with van der Waals surface area (Å²) in [6, 6.07) is 3.15. The lowest BCUT2D eigenvalue weighted by Crippen LogP contribution is -2.35. The van der Waals surface area contributed by atoms with Gasteiger partial charge in [0.05, 0.1) is 6.20 Å². The first-order valence-corrected chi connectivity index (χ1v) is 7.37. The number of aromatic nitrogens is 1. The number of anilines is 1. The number of rotatable bonds is 4. The highest BCUT2D eigenvalue weighted by Gasteiger charge is 2.30. The summed E-state index contributed by atoms with van der Waals surface area (Å²) < 4.78 is 13.1. The number of hydrogen-bond acceptors (Lipinski definition) is 3. The first-order valence-electron chi connectivity index (χ1n) is 6.15. The van der Waals surface area contributed by atoms with E-state index in [-0.39, 0.29) is 5.82 Å². The summed E-state index contributed by atoms with van der Waals surface area (Å²) in [4.78, 5) is 4.03. The molecule has 0 radical (unpaired) electrons. The second kappa shape index (κ2) is 5.71. The molecule has 1 aliphatic rings. The van der Waals surface area contributed by atoms with Gasteiger partial charge in [-0.15, -0.1) is 0 Å². The molecule has 0 unspecified atom stereocenters. The average Bonchev–Trinajstić information content (AvgIpc) is 2.39. The molecule has 0 bridgehead atoms.